The molecule has 3 N–H and O–H groups in total. The summed E-state index contributed by atoms with van der Waals surface area (Å²) in [5, 5.41) is 2.93. The Morgan fingerprint density at radius 2 is 1.79 bits per heavy atom. The summed E-state index contributed by atoms with van der Waals surface area (Å²) in [6.45, 7) is 4.29. The van der Waals surface area contributed by atoms with Crippen molar-refractivity contribution in [3.8, 4) is 11.3 Å². The van der Waals surface area contributed by atoms with E-state index in [1.165, 1.54) is 12.1 Å². The molecule has 2 aromatic rings. The number of rotatable bonds is 4. The molecule has 0 spiro atoms. The number of hydrogen-bond donors (Lipinski definition) is 2. The fraction of sp³-hybridized carbons (Fsp3) is 0.429. The van der Waals surface area contributed by atoms with Crippen LogP contribution >= 0.6 is 0 Å². The Labute approximate surface area is 163 Å². The second-order valence-corrected chi connectivity index (χ2v) is 8.31. The molecule has 3 heterocycles. The number of likely N-dealkylation sites (tertiary alicyclic amines) is 2. The molecule has 3 aliphatic rings. The summed E-state index contributed by atoms with van der Waals surface area (Å²) in [5.74, 6) is 1.06. The summed E-state index contributed by atoms with van der Waals surface area (Å²) in [5.41, 5.74) is 7.89. The molecule has 146 valence electrons. The summed E-state index contributed by atoms with van der Waals surface area (Å²) in [6, 6.07) is 10.3. The van der Waals surface area contributed by atoms with Gasteiger partial charge in [0.25, 0.3) is 0 Å². The number of nitrogens with two attached hydrogens (primary N) is 1. The maximum Gasteiger partial charge on any atom is 0.229 e. The Bertz CT molecular complexity index is 900. The number of pyridine rings is 1. The Kier molecular flexibility index (Phi) is 4.10. The van der Waals surface area contributed by atoms with Gasteiger partial charge in [-0.25, -0.2) is 9.37 Å². The Morgan fingerprint density at radius 1 is 1.11 bits per heavy atom. The van der Waals surface area contributed by atoms with E-state index in [-0.39, 0.29) is 17.6 Å². The molecule has 5 rings (SSSR count). The maximum absolute atomic E-state index is 13.1. The first kappa shape index (κ1) is 17.6. The van der Waals surface area contributed by atoms with E-state index in [1.54, 1.807) is 24.3 Å². The lowest BCUT2D eigenvalue weighted by Crippen LogP contribution is -2.57. The number of carbonyl (C=O) groups is 1. The largest absolute Gasteiger partial charge is 0.396 e. The molecule has 0 bridgehead atoms. The maximum atomic E-state index is 13.1. The lowest BCUT2D eigenvalue weighted by Gasteiger charge is -2.42. The topological polar surface area (TPSA) is 74.5 Å². The second kappa shape index (κ2) is 6.53. The van der Waals surface area contributed by atoms with Gasteiger partial charge in [-0.1, -0.05) is 0 Å². The minimum absolute atomic E-state index is 0.0100. The van der Waals surface area contributed by atoms with E-state index < -0.39 is 0 Å². The quantitative estimate of drug-likeness (QED) is 0.846. The van der Waals surface area contributed by atoms with Crippen molar-refractivity contribution >= 4 is 17.4 Å². The molecule has 3 atom stereocenters. The van der Waals surface area contributed by atoms with Crippen LogP contribution in [0.4, 0.5) is 15.9 Å². The number of carbonyl (C=O) groups excluding carboxylic acids is 1. The van der Waals surface area contributed by atoms with Gasteiger partial charge < -0.3 is 16.0 Å². The highest BCUT2D eigenvalue weighted by atomic mass is 19.1. The fourth-order valence-electron chi connectivity index (χ4n) is 4.69. The van der Waals surface area contributed by atoms with Crippen LogP contribution in [0.25, 0.3) is 11.3 Å². The van der Waals surface area contributed by atoms with E-state index in [1.807, 2.05) is 0 Å². The highest BCUT2D eigenvalue weighted by Gasteiger charge is 2.60. The van der Waals surface area contributed by atoms with Crippen LogP contribution < -0.4 is 11.1 Å². The average molecular weight is 381 g/mol. The highest BCUT2D eigenvalue weighted by Crippen LogP contribution is 2.53. The molecule has 0 unspecified atom stereocenters. The number of nitrogens with zero attached hydrogens (tertiary/aromatic N) is 3. The van der Waals surface area contributed by atoms with Gasteiger partial charge in [-0.15, -0.1) is 0 Å². The fourth-order valence-corrected chi connectivity index (χ4v) is 4.69. The molecule has 28 heavy (non-hydrogen) atoms. The van der Waals surface area contributed by atoms with Gasteiger partial charge in [0.05, 0.1) is 11.4 Å². The number of benzene rings is 1. The molecular formula is C21H24FN5O. The van der Waals surface area contributed by atoms with Crippen LogP contribution in [-0.2, 0) is 4.79 Å². The summed E-state index contributed by atoms with van der Waals surface area (Å²) < 4.78 is 13.1. The molecule has 1 aromatic heterocycles. The molecule has 0 radical (unpaired) electrons. The average Bonchev–Trinajstić information content (AvgIpc) is 3.16. The predicted molar refractivity (Wildman–Crippen MR) is 106 cm³/mol. The van der Waals surface area contributed by atoms with Crippen molar-refractivity contribution in [3.63, 3.8) is 0 Å². The van der Waals surface area contributed by atoms with Crippen molar-refractivity contribution < 1.29 is 9.18 Å². The van der Waals surface area contributed by atoms with Crippen LogP contribution in [0.2, 0.25) is 0 Å². The molecule has 2 aliphatic heterocycles. The van der Waals surface area contributed by atoms with Crippen molar-refractivity contribution in [2.24, 2.45) is 17.8 Å². The molecule has 6 nitrogen and oxygen atoms in total. The summed E-state index contributed by atoms with van der Waals surface area (Å²) in [6.07, 6.45) is 0. The van der Waals surface area contributed by atoms with E-state index >= 15 is 0 Å². The van der Waals surface area contributed by atoms with E-state index in [9.17, 15) is 9.18 Å². The smallest absolute Gasteiger partial charge is 0.229 e. The molecule has 2 saturated heterocycles. The monoisotopic (exact) mass is 381 g/mol. The number of piperidine rings is 1. The lowest BCUT2D eigenvalue weighted by molar-refractivity contribution is -0.118. The predicted octanol–water partition coefficient (Wildman–Crippen LogP) is 1.90. The molecule has 1 aromatic carbocycles. The zero-order chi connectivity index (χ0) is 19.4. The minimum Gasteiger partial charge on any atom is -0.396 e. The van der Waals surface area contributed by atoms with Crippen molar-refractivity contribution in [2.45, 2.75) is 6.04 Å². The highest BCUT2D eigenvalue weighted by molar-refractivity contribution is 5.96. The van der Waals surface area contributed by atoms with Crippen LogP contribution in [0.5, 0.6) is 0 Å². The number of fused-ring (bicyclic) bond motifs is 1. The number of aromatic nitrogens is 1. The third kappa shape index (κ3) is 3.04. The van der Waals surface area contributed by atoms with E-state index in [0.717, 1.165) is 31.7 Å². The van der Waals surface area contributed by atoms with Crippen molar-refractivity contribution in [1.82, 2.24) is 14.8 Å². The lowest BCUT2D eigenvalue weighted by atomic mass is 10.1. The third-order valence-electron chi connectivity index (χ3n) is 6.39. The first-order chi connectivity index (χ1) is 13.5. The van der Waals surface area contributed by atoms with Crippen LogP contribution in [0.15, 0.2) is 36.4 Å². The number of hydrogen-bond acceptors (Lipinski definition) is 5. The summed E-state index contributed by atoms with van der Waals surface area (Å²) in [7, 11) is 2.14. The molecule has 3 fully saturated rings. The first-order valence-corrected chi connectivity index (χ1v) is 9.75. The van der Waals surface area contributed by atoms with Crippen molar-refractivity contribution in [3.05, 3.63) is 42.2 Å². The van der Waals surface area contributed by atoms with Gasteiger partial charge in [0, 0.05) is 43.7 Å². The van der Waals surface area contributed by atoms with Gasteiger partial charge in [0.1, 0.15) is 5.82 Å². The van der Waals surface area contributed by atoms with E-state index in [4.69, 9.17) is 5.73 Å². The van der Waals surface area contributed by atoms with Gasteiger partial charge in [-0.2, -0.15) is 0 Å². The Morgan fingerprint density at radius 3 is 2.43 bits per heavy atom. The van der Waals surface area contributed by atoms with Gasteiger partial charge in [-0.3, -0.25) is 9.69 Å². The third-order valence-corrected chi connectivity index (χ3v) is 6.39. The normalized spacial score (nSPS) is 27.3. The number of nitrogens with one attached hydrogen (secondary N) is 1. The van der Waals surface area contributed by atoms with Gasteiger partial charge in [-0.05, 0) is 55.3 Å². The molecule has 1 saturated carbocycles. The number of anilines is 2. The van der Waals surface area contributed by atoms with Gasteiger partial charge >= 0.3 is 0 Å². The van der Waals surface area contributed by atoms with E-state index in [0.29, 0.717) is 35.1 Å². The second-order valence-electron chi connectivity index (χ2n) is 8.31. The summed E-state index contributed by atoms with van der Waals surface area (Å²) >= 11 is 0. The number of halogens is 1. The minimum atomic E-state index is -0.296. The van der Waals surface area contributed by atoms with Crippen LogP contribution in [-0.4, -0.2) is 60.0 Å². The molecular weight excluding hydrogens is 357 g/mol. The number of nitrogen functional groups attached to an aromatic ring is 1. The SMILES string of the molecule is CN1CC(N2C[C@@H]3[C@H](C2)[C@H]3C(=O)Nc2nc(-c3ccc(F)cc3)ccc2N)C1. The Balaban J connectivity index is 1.24. The number of amides is 1. The van der Waals surface area contributed by atoms with Gasteiger partial charge in [0.15, 0.2) is 5.82 Å². The Hall–Kier alpha value is -2.51. The van der Waals surface area contributed by atoms with Crippen LogP contribution in [0.3, 0.4) is 0 Å². The van der Waals surface area contributed by atoms with Crippen molar-refractivity contribution in [2.75, 3.05) is 44.3 Å². The first-order valence-electron chi connectivity index (χ1n) is 9.75. The zero-order valence-corrected chi connectivity index (χ0v) is 15.8. The zero-order valence-electron chi connectivity index (χ0n) is 15.8. The molecule has 7 heteroatoms. The van der Waals surface area contributed by atoms with Gasteiger partial charge in [0.2, 0.25) is 5.91 Å². The van der Waals surface area contributed by atoms with Crippen molar-refractivity contribution in [1.29, 1.82) is 0 Å². The molecule has 1 aliphatic carbocycles. The van der Waals surface area contributed by atoms with Crippen LogP contribution in [0.1, 0.15) is 0 Å². The number of likely N-dealkylation sites (N-methyl/N-ethyl adjacent to an activating group) is 1. The standard InChI is InChI=1S/C21H24FN5O/c1-26-8-14(9-26)27-10-15-16(11-27)19(15)21(28)25-20-17(23)6-7-18(24-20)12-2-4-13(22)5-3-12/h2-7,14-16,19H,8-11,23H2,1H3,(H,24,25,28)/t15-,16+,19+. The summed E-state index contributed by atoms with van der Waals surface area (Å²) in [4.78, 5) is 22.1. The van der Waals surface area contributed by atoms with Crippen LogP contribution in [0, 0.1) is 23.6 Å². The van der Waals surface area contributed by atoms with E-state index in [2.05, 4.69) is 27.1 Å². The molecule has 1 amide bonds.